The summed E-state index contributed by atoms with van der Waals surface area (Å²) >= 11 is 5.76. The van der Waals surface area contributed by atoms with Crippen LogP contribution in [-0.4, -0.2) is 36.7 Å². The molecule has 1 atom stereocenters. The fraction of sp³-hybridized carbons (Fsp3) is 0.364. The van der Waals surface area contributed by atoms with Crippen LogP contribution in [0.1, 0.15) is 32.4 Å². The topological polar surface area (TPSA) is 96.7 Å². The van der Waals surface area contributed by atoms with Gasteiger partial charge in [-0.3, -0.25) is 9.59 Å². The normalized spacial score (nSPS) is 22.9. The van der Waals surface area contributed by atoms with E-state index in [1.165, 1.54) is 30.5 Å². The van der Waals surface area contributed by atoms with E-state index < -0.39 is 55.9 Å². The van der Waals surface area contributed by atoms with Crippen LogP contribution < -0.4 is 4.72 Å². The molecule has 4 rings (SSSR count). The quantitative estimate of drug-likeness (QED) is 0.642. The number of Topliss-reactive ketones (excluding diaryl/α,β-unsaturated/α-hetero) is 1. The van der Waals surface area contributed by atoms with Gasteiger partial charge in [0, 0.05) is 17.1 Å². The lowest BCUT2D eigenvalue weighted by atomic mass is 9.72. The minimum Gasteiger partial charge on any atom is -0.467 e. The molecule has 1 N–H and O–H groups in total. The van der Waals surface area contributed by atoms with Gasteiger partial charge in [-0.15, -0.1) is 0 Å². The highest BCUT2D eigenvalue weighted by Crippen LogP contribution is 2.52. The summed E-state index contributed by atoms with van der Waals surface area (Å²) in [6.45, 7) is 2.99. The largest absolute Gasteiger partial charge is 0.467 e. The number of amides is 1. The van der Waals surface area contributed by atoms with Gasteiger partial charge < -0.3 is 9.32 Å². The van der Waals surface area contributed by atoms with E-state index in [0.717, 1.165) is 17.0 Å². The van der Waals surface area contributed by atoms with Crippen LogP contribution in [0.5, 0.6) is 0 Å². The zero-order valence-electron chi connectivity index (χ0n) is 18.1. The highest BCUT2D eigenvalue weighted by Gasteiger charge is 2.72. The number of halogens is 4. The first-order valence-electron chi connectivity index (χ1n) is 10.2. The number of nitrogens with one attached hydrogen (secondary N) is 1. The van der Waals surface area contributed by atoms with E-state index in [2.05, 4.69) is 0 Å². The number of hydrogen-bond acceptors (Lipinski definition) is 5. The molecule has 0 saturated carbocycles. The molecule has 12 heteroatoms. The van der Waals surface area contributed by atoms with E-state index in [-0.39, 0.29) is 29.3 Å². The van der Waals surface area contributed by atoms with Crippen LogP contribution in [0.3, 0.4) is 0 Å². The van der Waals surface area contributed by atoms with E-state index >= 15 is 0 Å². The van der Waals surface area contributed by atoms with Gasteiger partial charge in [0.25, 0.3) is 5.91 Å². The van der Waals surface area contributed by atoms with Crippen molar-refractivity contribution in [3.63, 3.8) is 0 Å². The molecule has 1 aliphatic heterocycles. The first-order valence-corrected chi connectivity index (χ1v) is 12.0. The molecule has 0 bridgehead atoms. The van der Waals surface area contributed by atoms with Crippen molar-refractivity contribution in [2.24, 2.45) is 5.41 Å². The van der Waals surface area contributed by atoms with Crippen molar-refractivity contribution in [2.75, 3.05) is 0 Å². The molecule has 2 heterocycles. The molecule has 182 valence electrons. The summed E-state index contributed by atoms with van der Waals surface area (Å²) in [5.74, 6) is -2.38. The van der Waals surface area contributed by atoms with E-state index in [1.54, 1.807) is 18.6 Å². The Bertz CT molecular complexity index is 1280. The maximum atomic E-state index is 14.8. The first-order chi connectivity index (χ1) is 15.7. The lowest BCUT2D eigenvalue weighted by molar-refractivity contribution is -0.189. The summed E-state index contributed by atoms with van der Waals surface area (Å²) < 4.78 is 77.2. The van der Waals surface area contributed by atoms with Gasteiger partial charge in [-0.2, -0.15) is 17.9 Å². The van der Waals surface area contributed by atoms with Gasteiger partial charge >= 0.3 is 6.18 Å². The van der Waals surface area contributed by atoms with Crippen molar-refractivity contribution in [1.29, 1.82) is 0 Å². The van der Waals surface area contributed by atoms with Gasteiger partial charge in [-0.05, 0) is 48.2 Å². The number of sulfonamides is 1. The second-order valence-electron chi connectivity index (χ2n) is 9.04. The number of carbonyl (C=O) groups is 2. The maximum Gasteiger partial charge on any atom is 0.421 e. The Morgan fingerprint density at radius 3 is 2.32 bits per heavy atom. The van der Waals surface area contributed by atoms with Gasteiger partial charge in [-0.25, -0.2) is 8.42 Å². The molecule has 1 aliphatic carbocycles. The molecule has 0 saturated heterocycles. The third-order valence-corrected chi connectivity index (χ3v) is 7.57. The Morgan fingerprint density at radius 1 is 1.12 bits per heavy atom. The fourth-order valence-corrected chi connectivity index (χ4v) is 5.84. The molecule has 0 radical (unpaired) electrons. The van der Waals surface area contributed by atoms with E-state index in [1.807, 2.05) is 0 Å². The van der Waals surface area contributed by atoms with Crippen molar-refractivity contribution in [3.05, 3.63) is 64.7 Å². The summed E-state index contributed by atoms with van der Waals surface area (Å²) in [7, 11) is -4.91. The number of rotatable bonds is 5. The number of benzene rings is 1. The van der Waals surface area contributed by atoms with Gasteiger partial charge in [0.2, 0.25) is 15.6 Å². The van der Waals surface area contributed by atoms with E-state index in [9.17, 15) is 31.2 Å². The first kappa shape index (κ1) is 24.5. The smallest absolute Gasteiger partial charge is 0.421 e. The van der Waals surface area contributed by atoms with Crippen molar-refractivity contribution >= 4 is 33.3 Å². The molecular weight excluding hydrogens is 497 g/mol. The van der Waals surface area contributed by atoms with Crippen LogP contribution in [0.25, 0.3) is 0 Å². The molecule has 0 spiro atoms. The predicted octanol–water partition coefficient (Wildman–Crippen LogP) is 4.20. The molecule has 1 amide bonds. The molecule has 1 aromatic heterocycles. The Hall–Kier alpha value is -2.63. The highest BCUT2D eigenvalue weighted by atomic mass is 35.5. The van der Waals surface area contributed by atoms with Crippen LogP contribution >= 0.6 is 11.6 Å². The van der Waals surface area contributed by atoms with E-state index in [0.29, 0.717) is 0 Å². The van der Waals surface area contributed by atoms with Crippen LogP contribution in [0.15, 0.2) is 63.2 Å². The molecule has 0 unspecified atom stereocenters. The Morgan fingerprint density at radius 2 is 1.76 bits per heavy atom. The monoisotopic (exact) mass is 516 g/mol. The second kappa shape index (κ2) is 7.96. The predicted molar refractivity (Wildman–Crippen MR) is 115 cm³/mol. The van der Waals surface area contributed by atoms with Crippen molar-refractivity contribution in [3.8, 4) is 0 Å². The number of hydrogen-bond donors (Lipinski definition) is 1. The Labute approximate surface area is 198 Å². The molecule has 2 aliphatic rings. The third-order valence-electron chi connectivity index (χ3n) is 5.85. The average molecular weight is 517 g/mol. The standard InChI is InChI=1S/C22H20ClF3N2O5S/c1-20(2)10-16-18(17(29)11-20)21(22(24,25)26,19(30)28(16)12-14-4-3-9-33-14)27-34(31,32)15-7-5-13(23)6-8-15/h3-9,27H,10-12H2,1-2H3/t21-/m1/s1. The van der Waals surface area contributed by atoms with Gasteiger partial charge in [0.1, 0.15) is 5.76 Å². The fourth-order valence-electron chi connectivity index (χ4n) is 4.39. The number of nitrogens with zero attached hydrogens (tertiary/aromatic N) is 1. The SMILES string of the molecule is CC1(C)CC(=O)C2=C(C1)N(Cc1ccco1)C(=O)[C@@]2(NS(=O)(=O)c1ccc(Cl)cc1)C(F)(F)F. The molecule has 34 heavy (non-hydrogen) atoms. The zero-order valence-corrected chi connectivity index (χ0v) is 19.6. The number of furan rings is 1. The van der Waals surface area contributed by atoms with Crippen molar-refractivity contribution in [1.82, 2.24) is 9.62 Å². The summed E-state index contributed by atoms with van der Waals surface area (Å²) in [5.41, 5.74) is -5.58. The minimum absolute atomic E-state index is 0.0407. The van der Waals surface area contributed by atoms with Crippen LogP contribution in [0.2, 0.25) is 5.02 Å². The number of alkyl halides is 3. The highest BCUT2D eigenvalue weighted by molar-refractivity contribution is 7.89. The third kappa shape index (κ3) is 3.95. The molecule has 7 nitrogen and oxygen atoms in total. The minimum atomic E-state index is -5.46. The molecular formula is C22H20ClF3N2O5S. The number of ketones is 1. The summed E-state index contributed by atoms with van der Waals surface area (Å²) in [4.78, 5) is 26.9. The van der Waals surface area contributed by atoms with Crippen molar-refractivity contribution < 1.29 is 35.6 Å². The zero-order chi connectivity index (χ0) is 25.1. The van der Waals surface area contributed by atoms with Crippen LogP contribution in [-0.2, 0) is 26.2 Å². The summed E-state index contributed by atoms with van der Waals surface area (Å²) in [5, 5.41) is 0.167. The maximum absolute atomic E-state index is 14.8. The lowest BCUT2D eigenvalue weighted by Crippen LogP contribution is -2.66. The second-order valence-corrected chi connectivity index (χ2v) is 11.2. The number of allylic oxidation sites excluding steroid dienone is 1. The van der Waals surface area contributed by atoms with Crippen molar-refractivity contribution in [2.45, 2.75) is 49.8 Å². The average Bonchev–Trinajstić information content (AvgIpc) is 3.28. The number of carbonyl (C=O) groups excluding carboxylic acids is 2. The Balaban J connectivity index is 1.92. The Kier molecular flexibility index (Phi) is 5.73. The lowest BCUT2D eigenvalue weighted by Gasteiger charge is -2.35. The van der Waals surface area contributed by atoms with Crippen LogP contribution in [0, 0.1) is 5.41 Å². The van der Waals surface area contributed by atoms with Gasteiger partial charge in [-0.1, -0.05) is 25.4 Å². The van der Waals surface area contributed by atoms with Crippen LogP contribution in [0.4, 0.5) is 13.2 Å². The molecule has 0 fully saturated rings. The van der Waals surface area contributed by atoms with Gasteiger partial charge in [0.15, 0.2) is 5.78 Å². The molecule has 1 aromatic carbocycles. The summed E-state index contributed by atoms with van der Waals surface area (Å²) in [6.07, 6.45) is -4.49. The summed E-state index contributed by atoms with van der Waals surface area (Å²) in [6, 6.07) is 7.37. The van der Waals surface area contributed by atoms with E-state index in [4.69, 9.17) is 16.0 Å². The molecule has 2 aromatic rings. The van der Waals surface area contributed by atoms with Gasteiger partial charge in [0.05, 0.1) is 23.3 Å².